The number of pyridine rings is 1. The van der Waals surface area contributed by atoms with Crippen LogP contribution in [-0.2, 0) is 6.54 Å². The summed E-state index contributed by atoms with van der Waals surface area (Å²) in [6.07, 6.45) is 6.85. The van der Waals surface area contributed by atoms with E-state index in [4.69, 9.17) is 4.74 Å². The van der Waals surface area contributed by atoms with Crippen molar-refractivity contribution in [3.8, 4) is 5.75 Å². The predicted molar refractivity (Wildman–Crippen MR) is 75.1 cm³/mol. The molecule has 4 heteroatoms. The Morgan fingerprint density at radius 1 is 1.32 bits per heavy atom. The van der Waals surface area contributed by atoms with Gasteiger partial charge in [-0.2, -0.15) is 0 Å². The van der Waals surface area contributed by atoms with Gasteiger partial charge in [0.25, 0.3) is 0 Å². The Hall–Kier alpha value is -1.13. The third kappa shape index (κ3) is 4.48. The zero-order valence-electron chi connectivity index (χ0n) is 11.7. The lowest BCUT2D eigenvalue weighted by atomic mass is 9.86. The van der Waals surface area contributed by atoms with Crippen molar-refractivity contribution in [3.05, 3.63) is 24.0 Å². The van der Waals surface area contributed by atoms with Gasteiger partial charge >= 0.3 is 0 Å². The van der Waals surface area contributed by atoms with Gasteiger partial charge in [0.2, 0.25) is 0 Å². The number of nitrogens with zero attached hydrogens (tertiary/aromatic N) is 1. The van der Waals surface area contributed by atoms with E-state index in [1.54, 1.807) is 6.20 Å². The molecule has 0 spiro atoms. The molecule has 0 atom stereocenters. The van der Waals surface area contributed by atoms with Crippen molar-refractivity contribution in [1.29, 1.82) is 0 Å². The molecule has 0 saturated heterocycles. The highest BCUT2D eigenvalue weighted by molar-refractivity contribution is 5.20. The van der Waals surface area contributed by atoms with Gasteiger partial charge in [-0.3, -0.25) is 4.98 Å². The van der Waals surface area contributed by atoms with Crippen LogP contribution in [0.15, 0.2) is 18.3 Å². The summed E-state index contributed by atoms with van der Waals surface area (Å²) in [6.45, 7) is 4.16. The second kappa shape index (κ2) is 6.87. The van der Waals surface area contributed by atoms with Crippen molar-refractivity contribution in [3.63, 3.8) is 0 Å². The van der Waals surface area contributed by atoms with Gasteiger partial charge in [0.15, 0.2) is 0 Å². The molecule has 19 heavy (non-hydrogen) atoms. The van der Waals surface area contributed by atoms with Crippen molar-refractivity contribution >= 4 is 0 Å². The normalized spacial score (nSPS) is 18.2. The van der Waals surface area contributed by atoms with Crippen LogP contribution in [0.4, 0.5) is 0 Å². The molecule has 2 rings (SSSR count). The molecule has 4 nitrogen and oxygen atoms in total. The number of nitrogens with one attached hydrogen (secondary N) is 1. The van der Waals surface area contributed by atoms with Crippen LogP contribution in [0, 0.1) is 0 Å². The zero-order valence-corrected chi connectivity index (χ0v) is 11.7. The number of aliphatic hydroxyl groups is 1. The molecule has 1 aromatic rings. The highest BCUT2D eigenvalue weighted by Crippen LogP contribution is 2.28. The van der Waals surface area contributed by atoms with Crippen molar-refractivity contribution in [1.82, 2.24) is 10.3 Å². The second-order valence-electron chi connectivity index (χ2n) is 5.34. The van der Waals surface area contributed by atoms with E-state index in [2.05, 4.69) is 17.2 Å². The molecule has 0 aliphatic heterocycles. The fourth-order valence-corrected chi connectivity index (χ4v) is 2.43. The fraction of sp³-hybridized carbons (Fsp3) is 0.667. The van der Waals surface area contributed by atoms with Crippen molar-refractivity contribution in [2.75, 3.05) is 13.2 Å². The molecule has 0 amide bonds. The zero-order chi connectivity index (χ0) is 13.6. The minimum absolute atomic E-state index is 0.376. The number of rotatable bonds is 6. The van der Waals surface area contributed by atoms with Gasteiger partial charge in [0, 0.05) is 6.54 Å². The van der Waals surface area contributed by atoms with Crippen LogP contribution in [0.1, 0.15) is 44.7 Å². The largest absolute Gasteiger partial charge is 0.489 e. The molecule has 0 radical (unpaired) electrons. The maximum absolute atomic E-state index is 10.3. The van der Waals surface area contributed by atoms with Crippen LogP contribution in [0.5, 0.6) is 5.75 Å². The van der Waals surface area contributed by atoms with Crippen LogP contribution in [0.2, 0.25) is 0 Å². The van der Waals surface area contributed by atoms with Gasteiger partial charge in [-0.25, -0.2) is 0 Å². The average Bonchev–Trinajstić information content (AvgIpc) is 2.45. The highest BCUT2D eigenvalue weighted by Gasteiger charge is 2.29. The summed E-state index contributed by atoms with van der Waals surface area (Å²) in [5.74, 6) is 0.735. The number of hydrogen-bond acceptors (Lipinski definition) is 4. The molecule has 1 aromatic heterocycles. The first-order chi connectivity index (χ1) is 9.22. The lowest BCUT2D eigenvalue weighted by Crippen LogP contribution is -2.37. The Morgan fingerprint density at radius 3 is 2.74 bits per heavy atom. The van der Waals surface area contributed by atoms with Gasteiger partial charge in [-0.15, -0.1) is 0 Å². The van der Waals surface area contributed by atoms with E-state index < -0.39 is 5.60 Å². The Morgan fingerprint density at radius 2 is 2.11 bits per heavy atom. The highest BCUT2D eigenvalue weighted by atomic mass is 16.5. The summed E-state index contributed by atoms with van der Waals surface area (Å²) in [5.41, 5.74) is 0.367. The molecule has 1 heterocycles. The van der Waals surface area contributed by atoms with E-state index >= 15 is 0 Å². The molecule has 1 fully saturated rings. The van der Waals surface area contributed by atoms with Crippen molar-refractivity contribution < 1.29 is 9.84 Å². The standard InChI is InChI=1S/C15H24N2O2/c1-2-16-10-13-6-7-14(11-17-13)19-12-15(18)8-4-3-5-9-15/h6-7,11,16,18H,2-5,8-10,12H2,1H3. The first-order valence-corrected chi connectivity index (χ1v) is 7.23. The van der Waals surface area contributed by atoms with E-state index in [9.17, 15) is 5.11 Å². The predicted octanol–water partition coefficient (Wildman–Crippen LogP) is 2.27. The molecule has 0 aromatic carbocycles. The lowest BCUT2D eigenvalue weighted by molar-refractivity contribution is -0.0339. The van der Waals surface area contributed by atoms with Crippen LogP contribution >= 0.6 is 0 Å². The smallest absolute Gasteiger partial charge is 0.137 e. The molecule has 1 aliphatic carbocycles. The summed E-state index contributed by atoms with van der Waals surface area (Å²) in [5, 5.41) is 13.6. The Kier molecular flexibility index (Phi) is 5.16. The van der Waals surface area contributed by atoms with E-state index in [-0.39, 0.29) is 0 Å². The van der Waals surface area contributed by atoms with Crippen molar-refractivity contribution in [2.45, 2.75) is 51.2 Å². The third-order valence-electron chi connectivity index (χ3n) is 3.65. The van der Waals surface area contributed by atoms with E-state index in [0.717, 1.165) is 50.2 Å². The Balaban J connectivity index is 1.82. The van der Waals surface area contributed by atoms with Crippen LogP contribution in [0.25, 0.3) is 0 Å². The van der Waals surface area contributed by atoms with Crippen LogP contribution in [-0.4, -0.2) is 28.8 Å². The molecular formula is C15H24N2O2. The monoisotopic (exact) mass is 264 g/mol. The minimum atomic E-state index is -0.638. The summed E-state index contributed by atoms with van der Waals surface area (Å²) in [6, 6.07) is 3.88. The average molecular weight is 264 g/mol. The first kappa shape index (κ1) is 14.3. The van der Waals surface area contributed by atoms with Gasteiger partial charge in [-0.1, -0.05) is 26.2 Å². The number of aromatic nitrogens is 1. The third-order valence-corrected chi connectivity index (χ3v) is 3.65. The van der Waals surface area contributed by atoms with Gasteiger partial charge in [-0.05, 0) is 31.5 Å². The maximum atomic E-state index is 10.3. The molecule has 0 unspecified atom stereocenters. The maximum Gasteiger partial charge on any atom is 0.137 e. The van der Waals surface area contributed by atoms with Gasteiger partial charge in [0.05, 0.1) is 17.5 Å². The van der Waals surface area contributed by atoms with E-state index in [1.165, 1.54) is 6.42 Å². The molecule has 1 saturated carbocycles. The quantitative estimate of drug-likeness (QED) is 0.827. The Bertz CT molecular complexity index is 372. The van der Waals surface area contributed by atoms with E-state index in [1.807, 2.05) is 12.1 Å². The molecule has 0 bridgehead atoms. The summed E-state index contributed by atoms with van der Waals surface area (Å²) >= 11 is 0. The molecular weight excluding hydrogens is 240 g/mol. The summed E-state index contributed by atoms with van der Waals surface area (Å²) in [7, 11) is 0. The lowest BCUT2D eigenvalue weighted by Gasteiger charge is -2.31. The van der Waals surface area contributed by atoms with Gasteiger partial charge < -0.3 is 15.2 Å². The SMILES string of the molecule is CCNCc1ccc(OCC2(O)CCCCC2)cn1. The summed E-state index contributed by atoms with van der Waals surface area (Å²) < 4.78 is 5.68. The van der Waals surface area contributed by atoms with E-state index in [0.29, 0.717) is 6.61 Å². The molecule has 1 aliphatic rings. The molecule has 2 N–H and O–H groups in total. The fourth-order valence-electron chi connectivity index (χ4n) is 2.43. The van der Waals surface area contributed by atoms with Crippen LogP contribution in [0.3, 0.4) is 0 Å². The Labute approximate surface area is 115 Å². The number of hydrogen-bond donors (Lipinski definition) is 2. The second-order valence-corrected chi connectivity index (χ2v) is 5.34. The van der Waals surface area contributed by atoms with Crippen LogP contribution < -0.4 is 10.1 Å². The molecule has 106 valence electrons. The first-order valence-electron chi connectivity index (χ1n) is 7.23. The minimum Gasteiger partial charge on any atom is -0.489 e. The summed E-state index contributed by atoms with van der Waals surface area (Å²) in [4.78, 5) is 4.33. The van der Waals surface area contributed by atoms with Crippen molar-refractivity contribution in [2.24, 2.45) is 0 Å². The topological polar surface area (TPSA) is 54.4 Å². The van der Waals surface area contributed by atoms with Gasteiger partial charge in [0.1, 0.15) is 12.4 Å². The number of ether oxygens (including phenoxy) is 1.